The molecule has 3 heterocycles. The summed E-state index contributed by atoms with van der Waals surface area (Å²) in [6.45, 7) is 8.68. The molecule has 0 bridgehead atoms. The summed E-state index contributed by atoms with van der Waals surface area (Å²) in [6.07, 6.45) is 5.07. The Kier molecular flexibility index (Phi) is 3.35. The summed E-state index contributed by atoms with van der Waals surface area (Å²) in [4.78, 5) is 23.7. The lowest BCUT2D eigenvalue weighted by atomic mass is 9.88. The van der Waals surface area contributed by atoms with Gasteiger partial charge >= 0.3 is 0 Å². The number of H-pyrrole nitrogens is 1. The minimum Gasteiger partial charge on any atom is -0.367 e. The fraction of sp³-hybridized carbons (Fsp3) is 0.353. The van der Waals surface area contributed by atoms with Crippen molar-refractivity contribution in [1.82, 2.24) is 15.0 Å². The summed E-state index contributed by atoms with van der Waals surface area (Å²) < 4.78 is 0. The smallest absolute Gasteiger partial charge is 0.258 e. The molecule has 0 aliphatic carbocycles. The van der Waals surface area contributed by atoms with E-state index in [1.165, 1.54) is 0 Å². The highest BCUT2D eigenvalue weighted by Crippen LogP contribution is 2.29. The molecule has 0 aromatic carbocycles. The molecule has 0 saturated carbocycles. The zero-order chi connectivity index (χ0) is 15.9. The third kappa shape index (κ3) is 2.43. The number of aromatic amines is 1. The zero-order valence-corrected chi connectivity index (χ0v) is 13.3. The molecule has 0 radical (unpaired) electrons. The van der Waals surface area contributed by atoms with Gasteiger partial charge in [0.25, 0.3) is 5.56 Å². The summed E-state index contributed by atoms with van der Waals surface area (Å²) >= 11 is 0. The number of hydrogen-bond acceptors (Lipinski definition) is 4. The highest BCUT2D eigenvalue weighted by Gasteiger charge is 2.21. The Morgan fingerprint density at radius 3 is 2.73 bits per heavy atom. The van der Waals surface area contributed by atoms with Crippen LogP contribution in [0, 0.1) is 5.41 Å². The number of pyridine rings is 3. The molecule has 0 amide bonds. The Hall–Kier alpha value is -2.43. The van der Waals surface area contributed by atoms with Crippen molar-refractivity contribution in [2.45, 2.75) is 33.7 Å². The second-order valence-corrected chi connectivity index (χ2v) is 6.68. The number of fused-ring (bicyclic) bond motifs is 3. The van der Waals surface area contributed by atoms with Crippen molar-refractivity contribution in [3.05, 3.63) is 41.1 Å². The van der Waals surface area contributed by atoms with Gasteiger partial charge < -0.3 is 10.3 Å². The molecule has 3 aromatic rings. The van der Waals surface area contributed by atoms with E-state index in [1.54, 1.807) is 18.6 Å². The standard InChI is InChI=1S/C17H20N4O/c1-10(17(2,3)4)20-15-11-5-7-18-9-12(11)14-13(21-15)6-8-19-16(14)22/h5-10H,1-4H3,(H,19,22)(H,20,21). The fourth-order valence-corrected chi connectivity index (χ4v) is 2.33. The van der Waals surface area contributed by atoms with Gasteiger partial charge in [0.15, 0.2) is 0 Å². The normalized spacial score (nSPS) is 13.5. The summed E-state index contributed by atoms with van der Waals surface area (Å²) in [5.74, 6) is 0.790. The first-order valence-corrected chi connectivity index (χ1v) is 7.39. The molecular weight excluding hydrogens is 276 g/mol. The van der Waals surface area contributed by atoms with Gasteiger partial charge in [-0.1, -0.05) is 20.8 Å². The SMILES string of the molecule is CC(Nc1nc2cc[nH]c(=O)c2c2cnccc12)C(C)(C)C. The van der Waals surface area contributed by atoms with E-state index < -0.39 is 0 Å². The van der Waals surface area contributed by atoms with Gasteiger partial charge in [-0.3, -0.25) is 9.78 Å². The molecule has 1 unspecified atom stereocenters. The van der Waals surface area contributed by atoms with E-state index in [-0.39, 0.29) is 17.0 Å². The quantitative estimate of drug-likeness (QED) is 0.712. The topological polar surface area (TPSA) is 70.7 Å². The minimum atomic E-state index is -0.140. The van der Waals surface area contributed by atoms with Crippen molar-refractivity contribution in [3.63, 3.8) is 0 Å². The van der Waals surface area contributed by atoms with E-state index in [1.807, 2.05) is 12.1 Å². The molecule has 1 atom stereocenters. The van der Waals surface area contributed by atoms with Crippen LogP contribution in [0.15, 0.2) is 35.5 Å². The second-order valence-electron chi connectivity index (χ2n) is 6.68. The lowest BCUT2D eigenvalue weighted by Crippen LogP contribution is -2.31. The molecule has 3 rings (SSSR count). The van der Waals surface area contributed by atoms with Crippen LogP contribution in [0.3, 0.4) is 0 Å². The van der Waals surface area contributed by atoms with Gasteiger partial charge in [-0.15, -0.1) is 0 Å². The maximum Gasteiger partial charge on any atom is 0.258 e. The molecule has 0 aliphatic rings. The Bertz CT molecular complexity index is 892. The van der Waals surface area contributed by atoms with Crippen molar-refractivity contribution in [2.24, 2.45) is 5.41 Å². The molecule has 5 heteroatoms. The van der Waals surface area contributed by atoms with Crippen molar-refractivity contribution < 1.29 is 0 Å². The third-order valence-electron chi connectivity index (χ3n) is 4.17. The molecular formula is C17H20N4O. The number of hydrogen-bond donors (Lipinski definition) is 2. The predicted octanol–water partition coefficient (Wildman–Crippen LogP) is 3.32. The predicted molar refractivity (Wildman–Crippen MR) is 90.2 cm³/mol. The van der Waals surface area contributed by atoms with Crippen molar-refractivity contribution in [1.29, 1.82) is 0 Å². The third-order valence-corrected chi connectivity index (χ3v) is 4.17. The number of aromatic nitrogens is 3. The number of nitrogens with zero attached hydrogens (tertiary/aromatic N) is 2. The highest BCUT2D eigenvalue weighted by atomic mass is 16.1. The first kappa shape index (κ1) is 14.5. The van der Waals surface area contributed by atoms with Crippen LogP contribution < -0.4 is 10.9 Å². The van der Waals surface area contributed by atoms with Crippen LogP contribution in [0.4, 0.5) is 5.82 Å². The van der Waals surface area contributed by atoms with Crippen LogP contribution >= 0.6 is 0 Å². The lowest BCUT2D eigenvalue weighted by molar-refractivity contribution is 0.359. The van der Waals surface area contributed by atoms with E-state index in [0.717, 1.165) is 16.6 Å². The molecule has 0 saturated heterocycles. The zero-order valence-electron chi connectivity index (χ0n) is 13.3. The van der Waals surface area contributed by atoms with Gasteiger partial charge in [0.1, 0.15) is 5.82 Å². The molecule has 0 fully saturated rings. The van der Waals surface area contributed by atoms with E-state index >= 15 is 0 Å². The fourth-order valence-electron chi connectivity index (χ4n) is 2.33. The number of rotatable bonds is 2. The van der Waals surface area contributed by atoms with Crippen LogP contribution in [0.1, 0.15) is 27.7 Å². The second kappa shape index (κ2) is 5.09. The lowest BCUT2D eigenvalue weighted by Gasteiger charge is -2.29. The van der Waals surface area contributed by atoms with Gasteiger partial charge in [-0.2, -0.15) is 0 Å². The average molecular weight is 296 g/mol. The van der Waals surface area contributed by atoms with Crippen LogP contribution in [0.2, 0.25) is 0 Å². The molecule has 2 N–H and O–H groups in total. The summed E-state index contributed by atoms with van der Waals surface area (Å²) in [6, 6.07) is 3.94. The van der Waals surface area contributed by atoms with E-state index in [0.29, 0.717) is 10.9 Å². The molecule has 5 nitrogen and oxygen atoms in total. The monoisotopic (exact) mass is 296 g/mol. The molecule has 3 aromatic heterocycles. The van der Waals surface area contributed by atoms with Crippen LogP contribution in [-0.4, -0.2) is 21.0 Å². The molecule has 0 aliphatic heterocycles. The number of nitrogens with one attached hydrogen (secondary N) is 2. The highest BCUT2D eigenvalue weighted by molar-refractivity contribution is 6.09. The van der Waals surface area contributed by atoms with Crippen LogP contribution in [-0.2, 0) is 0 Å². The average Bonchev–Trinajstić information content (AvgIpc) is 2.46. The largest absolute Gasteiger partial charge is 0.367 e. The van der Waals surface area contributed by atoms with Crippen LogP contribution in [0.25, 0.3) is 21.7 Å². The van der Waals surface area contributed by atoms with Gasteiger partial charge in [-0.25, -0.2) is 4.98 Å². The van der Waals surface area contributed by atoms with Gasteiger partial charge in [0, 0.05) is 35.4 Å². The summed E-state index contributed by atoms with van der Waals surface area (Å²) in [5.41, 5.74) is 0.635. The van der Waals surface area contributed by atoms with Gasteiger partial charge in [-0.05, 0) is 24.5 Å². The van der Waals surface area contributed by atoms with E-state index in [4.69, 9.17) is 0 Å². The molecule has 0 spiro atoms. The first-order chi connectivity index (χ1) is 10.4. The maximum atomic E-state index is 12.1. The van der Waals surface area contributed by atoms with Crippen molar-refractivity contribution in [2.75, 3.05) is 5.32 Å². The van der Waals surface area contributed by atoms with E-state index in [2.05, 4.69) is 48.0 Å². The maximum absolute atomic E-state index is 12.1. The van der Waals surface area contributed by atoms with E-state index in [9.17, 15) is 4.79 Å². The van der Waals surface area contributed by atoms with Crippen LogP contribution in [0.5, 0.6) is 0 Å². The Morgan fingerprint density at radius 1 is 1.23 bits per heavy atom. The Morgan fingerprint density at radius 2 is 2.00 bits per heavy atom. The Labute approximate surface area is 128 Å². The summed E-state index contributed by atoms with van der Waals surface area (Å²) in [5, 5.41) is 5.80. The van der Waals surface area contributed by atoms with Crippen molar-refractivity contribution >= 4 is 27.5 Å². The van der Waals surface area contributed by atoms with Gasteiger partial charge in [0.2, 0.25) is 0 Å². The van der Waals surface area contributed by atoms with Crippen molar-refractivity contribution in [3.8, 4) is 0 Å². The first-order valence-electron chi connectivity index (χ1n) is 7.39. The molecule has 22 heavy (non-hydrogen) atoms. The summed E-state index contributed by atoms with van der Waals surface area (Å²) in [7, 11) is 0. The van der Waals surface area contributed by atoms with Gasteiger partial charge in [0.05, 0.1) is 10.9 Å². The minimum absolute atomic E-state index is 0.101. The Balaban J connectivity index is 2.28. The molecule has 114 valence electrons. The number of anilines is 1.